The fraction of sp³-hybridized carbons (Fsp3) is 0.962. The van der Waals surface area contributed by atoms with Crippen LogP contribution in [0.2, 0.25) is 0 Å². The van der Waals surface area contributed by atoms with Crippen molar-refractivity contribution in [2.24, 2.45) is 45.3 Å². The maximum Gasteiger partial charge on any atom is 0.187 e. The summed E-state index contributed by atoms with van der Waals surface area (Å²) in [5.41, 5.74) is -2.12. The molecule has 14 N–H and O–H groups in total. The first-order valence-corrected chi connectivity index (χ1v) is 27.4. The Kier molecular flexibility index (Phi) is 18.4. The van der Waals surface area contributed by atoms with Gasteiger partial charge in [-0.2, -0.15) is 0 Å². The molecule has 4 aliphatic carbocycles. The average molecular weight is 1080 g/mol. The number of aliphatic hydroxyl groups is 14. The molecule has 4 saturated carbocycles. The van der Waals surface area contributed by atoms with Crippen LogP contribution in [0.25, 0.3) is 0 Å². The van der Waals surface area contributed by atoms with Crippen LogP contribution in [-0.4, -0.2) is 233 Å². The number of fused-ring (bicyclic) bond motifs is 5. The molecule has 0 aromatic carbocycles. The van der Waals surface area contributed by atoms with Gasteiger partial charge in [-0.1, -0.05) is 39.3 Å². The van der Waals surface area contributed by atoms with Crippen molar-refractivity contribution in [2.45, 2.75) is 241 Å². The minimum Gasteiger partial charge on any atom is -0.396 e. The average Bonchev–Trinajstić information content (AvgIpc) is 3.74. The summed E-state index contributed by atoms with van der Waals surface area (Å²) in [6.45, 7) is 12.2. The lowest BCUT2D eigenvalue weighted by atomic mass is 9.35. The first-order valence-electron chi connectivity index (χ1n) is 27.4. The van der Waals surface area contributed by atoms with E-state index in [0.717, 1.165) is 31.3 Å². The van der Waals surface area contributed by atoms with Crippen LogP contribution in [-0.2, 0) is 37.9 Å². The molecule has 434 valence electrons. The largest absolute Gasteiger partial charge is 0.396 e. The van der Waals surface area contributed by atoms with E-state index in [1.165, 1.54) is 6.92 Å². The van der Waals surface area contributed by atoms with Crippen LogP contribution < -0.4 is 0 Å². The minimum absolute atomic E-state index is 0.0479. The molecule has 28 atom stereocenters. The third-order valence-corrected chi connectivity index (χ3v) is 20.5. The lowest BCUT2D eigenvalue weighted by Gasteiger charge is -2.70. The van der Waals surface area contributed by atoms with E-state index in [4.69, 9.17) is 37.9 Å². The zero-order chi connectivity index (χ0) is 54.9. The molecule has 75 heavy (non-hydrogen) atoms. The molecule has 8 rings (SSSR count). The van der Waals surface area contributed by atoms with Crippen molar-refractivity contribution in [1.29, 1.82) is 0 Å². The van der Waals surface area contributed by atoms with E-state index in [0.29, 0.717) is 38.5 Å². The van der Waals surface area contributed by atoms with E-state index in [1.54, 1.807) is 0 Å². The Labute approximate surface area is 439 Å². The van der Waals surface area contributed by atoms with Crippen molar-refractivity contribution in [2.75, 3.05) is 33.0 Å². The van der Waals surface area contributed by atoms with Crippen molar-refractivity contribution in [3.05, 3.63) is 11.6 Å². The zero-order valence-corrected chi connectivity index (χ0v) is 44.6. The molecule has 22 heteroatoms. The smallest absolute Gasteiger partial charge is 0.187 e. The van der Waals surface area contributed by atoms with Gasteiger partial charge in [0, 0.05) is 12.0 Å². The Bertz CT molecular complexity index is 1930. The van der Waals surface area contributed by atoms with Crippen molar-refractivity contribution < 1.29 is 109 Å². The fourth-order valence-corrected chi connectivity index (χ4v) is 15.9. The maximum atomic E-state index is 12.9. The van der Waals surface area contributed by atoms with E-state index in [2.05, 4.69) is 33.8 Å². The molecular weight excluding hydrogens is 989 g/mol. The highest BCUT2D eigenvalue weighted by Gasteiger charge is 2.71. The monoisotopic (exact) mass is 1080 g/mol. The van der Waals surface area contributed by atoms with Gasteiger partial charge in [-0.3, -0.25) is 0 Å². The van der Waals surface area contributed by atoms with Gasteiger partial charge in [0.2, 0.25) is 0 Å². The van der Waals surface area contributed by atoms with E-state index >= 15 is 0 Å². The van der Waals surface area contributed by atoms with Crippen LogP contribution in [0, 0.1) is 45.3 Å². The number of rotatable bonds is 16. The molecule has 22 nitrogen and oxygen atoms in total. The van der Waals surface area contributed by atoms with Gasteiger partial charge in [0.15, 0.2) is 25.2 Å². The first-order chi connectivity index (χ1) is 35.2. The molecule has 0 aromatic rings. The Balaban J connectivity index is 1.04. The Morgan fingerprint density at radius 2 is 1.21 bits per heavy atom. The Morgan fingerprint density at radius 1 is 0.600 bits per heavy atom. The highest BCUT2D eigenvalue weighted by Crippen LogP contribution is 2.76. The zero-order valence-electron chi connectivity index (χ0n) is 44.6. The van der Waals surface area contributed by atoms with Gasteiger partial charge in [-0.15, -0.1) is 0 Å². The second-order valence-corrected chi connectivity index (χ2v) is 25.0. The quantitative estimate of drug-likeness (QED) is 0.0614. The molecule has 0 bridgehead atoms. The van der Waals surface area contributed by atoms with Crippen molar-refractivity contribution >= 4 is 0 Å². The summed E-state index contributed by atoms with van der Waals surface area (Å²) in [4.78, 5) is 0. The van der Waals surface area contributed by atoms with Gasteiger partial charge in [-0.05, 0) is 125 Å². The maximum absolute atomic E-state index is 12.9. The summed E-state index contributed by atoms with van der Waals surface area (Å²) in [6.07, 6.45) is -21.3. The van der Waals surface area contributed by atoms with E-state index in [1.807, 2.05) is 13.8 Å². The number of hydrogen-bond acceptors (Lipinski definition) is 22. The second kappa shape index (κ2) is 23.0. The van der Waals surface area contributed by atoms with Crippen molar-refractivity contribution in [1.82, 2.24) is 0 Å². The van der Waals surface area contributed by atoms with Crippen LogP contribution >= 0.6 is 0 Å². The number of ether oxygens (including phenoxy) is 8. The molecule has 0 amide bonds. The lowest BCUT2D eigenvalue weighted by molar-refractivity contribution is -0.395. The van der Waals surface area contributed by atoms with Crippen LogP contribution in [0.5, 0.6) is 0 Å². The second-order valence-electron chi connectivity index (χ2n) is 25.0. The third-order valence-electron chi connectivity index (χ3n) is 20.5. The lowest BCUT2D eigenvalue weighted by Crippen LogP contribution is -2.68. The van der Waals surface area contributed by atoms with Crippen LogP contribution in [0.1, 0.15) is 113 Å². The molecule has 8 aliphatic rings. The predicted octanol–water partition coefficient (Wildman–Crippen LogP) is -1.56. The normalized spacial score (nSPS) is 51.7. The SMILES string of the molecule is CC(C)=CCCC(O)(COC1OC(CO)C(O)C(O)C1O)C1CCC2(C)C1CCC1C3(CO)CCC(OC4OC(CO)C(O)C(OC5OCC(O)C(O)C5O)C4OC4OC(C)C(O)C(O)C4O)C(C)(C)C3CCC12C. The molecule has 0 radical (unpaired) electrons. The Morgan fingerprint density at radius 3 is 1.88 bits per heavy atom. The fourth-order valence-electron chi connectivity index (χ4n) is 15.9. The van der Waals surface area contributed by atoms with Crippen LogP contribution in [0.4, 0.5) is 0 Å². The van der Waals surface area contributed by atoms with E-state index in [-0.39, 0.29) is 47.7 Å². The van der Waals surface area contributed by atoms with Crippen LogP contribution in [0.15, 0.2) is 11.6 Å². The topological polar surface area (TPSA) is 357 Å². The van der Waals surface area contributed by atoms with Gasteiger partial charge in [0.05, 0.1) is 44.2 Å². The van der Waals surface area contributed by atoms with Crippen molar-refractivity contribution in [3.8, 4) is 0 Å². The Hall–Kier alpha value is -1.14. The van der Waals surface area contributed by atoms with E-state index < -0.39 is 159 Å². The minimum atomic E-state index is -1.81. The van der Waals surface area contributed by atoms with Gasteiger partial charge in [0.25, 0.3) is 0 Å². The van der Waals surface area contributed by atoms with Gasteiger partial charge >= 0.3 is 0 Å². The summed E-state index contributed by atoms with van der Waals surface area (Å²) in [7, 11) is 0. The number of allylic oxidation sites excluding steroid dienone is 2. The standard InChI is InChI=1S/C53H90O22/c1-24(2)9-8-15-53(67,23-69-46-41(65)39(63)36(60)29(19-54)71-46)27-12-16-50(6)26(27)10-11-32-51(50,7)17-13-31-49(4,5)33(14-18-52(31,32)22-56)73-48-44(75-47-42(66)38(62)34(58)25(3)70-47)43(37(61)30(20-55)72-48)74-45-40(64)35(59)28(57)21-68-45/h9,25-48,54-67H,8,10-23H2,1-7H3. The van der Waals surface area contributed by atoms with Crippen molar-refractivity contribution in [3.63, 3.8) is 0 Å². The van der Waals surface area contributed by atoms with Gasteiger partial charge in [-0.25, -0.2) is 0 Å². The van der Waals surface area contributed by atoms with Crippen LogP contribution in [0.3, 0.4) is 0 Å². The number of hydrogen-bond donors (Lipinski definition) is 14. The predicted molar refractivity (Wildman–Crippen MR) is 260 cm³/mol. The molecule has 4 saturated heterocycles. The summed E-state index contributed by atoms with van der Waals surface area (Å²) >= 11 is 0. The first kappa shape index (κ1) is 60.0. The van der Waals surface area contributed by atoms with Gasteiger partial charge in [0.1, 0.15) is 85.5 Å². The molecule has 8 fully saturated rings. The summed E-state index contributed by atoms with van der Waals surface area (Å²) < 4.78 is 49.0. The molecule has 28 unspecified atom stereocenters. The molecule has 4 heterocycles. The summed E-state index contributed by atoms with van der Waals surface area (Å²) in [6, 6.07) is 0. The highest BCUT2D eigenvalue weighted by atomic mass is 16.8. The molecule has 4 aliphatic heterocycles. The molecule has 0 aromatic heterocycles. The summed E-state index contributed by atoms with van der Waals surface area (Å²) in [5, 5.41) is 153. The van der Waals surface area contributed by atoms with Gasteiger partial charge < -0.3 is 109 Å². The molecule has 0 spiro atoms. The molecular formula is C53H90O22. The summed E-state index contributed by atoms with van der Waals surface area (Å²) in [5.74, 6) is -0.228. The number of aliphatic hydroxyl groups excluding tert-OH is 13. The van der Waals surface area contributed by atoms with E-state index in [9.17, 15) is 71.5 Å². The highest BCUT2D eigenvalue weighted by molar-refractivity contribution is 5.20. The third kappa shape index (κ3) is 10.6.